The number of pyridine rings is 1. The molecule has 4 aromatic rings. The van der Waals surface area contributed by atoms with Crippen LogP contribution in [0.25, 0.3) is 11.4 Å². The van der Waals surface area contributed by atoms with Gasteiger partial charge in [-0.2, -0.15) is 0 Å². The second-order valence-corrected chi connectivity index (χ2v) is 8.99. The van der Waals surface area contributed by atoms with E-state index in [1.165, 1.54) is 11.8 Å². The van der Waals surface area contributed by atoms with Crippen molar-refractivity contribution >= 4 is 23.4 Å². The summed E-state index contributed by atoms with van der Waals surface area (Å²) < 4.78 is 2.16. The molecule has 1 aliphatic rings. The first-order chi connectivity index (χ1) is 15.7. The van der Waals surface area contributed by atoms with Gasteiger partial charge in [-0.15, -0.1) is 10.2 Å². The fraction of sp³-hybridized carbons (Fsp3) is 0.200. The monoisotopic (exact) mass is 441 g/mol. The van der Waals surface area contributed by atoms with Crippen LogP contribution in [0.5, 0.6) is 0 Å². The van der Waals surface area contributed by atoms with E-state index in [1.54, 1.807) is 12.4 Å². The molecule has 2 heterocycles. The molecule has 0 saturated heterocycles. The molecule has 32 heavy (non-hydrogen) atoms. The van der Waals surface area contributed by atoms with Gasteiger partial charge in [0, 0.05) is 29.7 Å². The molecule has 0 radical (unpaired) electrons. The van der Waals surface area contributed by atoms with Crippen LogP contribution in [0.4, 0.5) is 5.69 Å². The predicted octanol–water partition coefficient (Wildman–Crippen LogP) is 5.46. The Morgan fingerprint density at radius 3 is 2.50 bits per heavy atom. The molecule has 1 aliphatic carbocycles. The number of hydrogen-bond donors (Lipinski definition) is 1. The second-order valence-electron chi connectivity index (χ2n) is 7.91. The number of nitrogens with one attached hydrogen (secondary N) is 1. The first-order valence-electron chi connectivity index (χ1n) is 10.6. The number of hydrogen-bond acceptors (Lipinski definition) is 5. The molecule has 0 bridgehead atoms. The highest BCUT2D eigenvalue weighted by Crippen LogP contribution is 2.44. The Morgan fingerprint density at radius 2 is 1.81 bits per heavy atom. The van der Waals surface area contributed by atoms with E-state index in [4.69, 9.17) is 0 Å². The average Bonchev–Trinajstić information content (AvgIpc) is 3.59. The topological polar surface area (TPSA) is 72.7 Å². The Kier molecular flexibility index (Phi) is 5.73. The lowest BCUT2D eigenvalue weighted by atomic mass is 10.1. The number of amides is 1. The van der Waals surface area contributed by atoms with Crippen molar-refractivity contribution in [3.8, 4) is 11.4 Å². The van der Waals surface area contributed by atoms with Gasteiger partial charge in [0.2, 0.25) is 5.91 Å². The first-order valence-corrected chi connectivity index (χ1v) is 11.5. The van der Waals surface area contributed by atoms with E-state index in [-0.39, 0.29) is 5.91 Å². The zero-order valence-electron chi connectivity index (χ0n) is 17.7. The van der Waals surface area contributed by atoms with E-state index < -0.39 is 5.25 Å². The quantitative estimate of drug-likeness (QED) is 0.386. The molecule has 7 heteroatoms. The highest BCUT2D eigenvalue weighted by atomic mass is 32.2. The van der Waals surface area contributed by atoms with Gasteiger partial charge in [-0.3, -0.25) is 14.3 Å². The summed E-state index contributed by atoms with van der Waals surface area (Å²) >= 11 is 1.44. The molecular weight excluding hydrogens is 418 g/mol. The summed E-state index contributed by atoms with van der Waals surface area (Å²) in [6.45, 7) is 2.03. The fourth-order valence-corrected chi connectivity index (χ4v) is 4.67. The molecule has 160 valence electrons. The van der Waals surface area contributed by atoms with Gasteiger partial charge in [0.25, 0.3) is 0 Å². The summed E-state index contributed by atoms with van der Waals surface area (Å²) in [5.41, 5.74) is 3.79. The number of aryl methyl sites for hydroxylation is 1. The summed E-state index contributed by atoms with van der Waals surface area (Å²) in [7, 11) is 0. The molecule has 0 spiro atoms. The lowest BCUT2D eigenvalue weighted by molar-refractivity contribution is -0.115. The highest BCUT2D eigenvalue weighted by Gasteiger charge is 2.33. The minimum atomic E-state index is -0.457. The number of carbonyl (C=O) groups is 1. The molecular formula is C25H23N5OS. The molecule has 1 N–H and O–H groups in total. The van der Waals surface area contributed by atoms with Crippen molar-refractivity contribution in [1.82, 2.24) is 19.7 Å². The van der Waals surface area contributed by atoms with Crippen LogP contribution in [0.15, 0.2) is 84.3 Å². The third-order valence-corrected chi connectivity index (χ3v) is 6.59. The largest absolute Gasteiger partial charge is 0.325 e. The van der Waals surface area contributed by atoms with Gasteiger partial charge in [-0.05, 0) is 49.6 Å². The van der Waals surface area contributed by atoms with E-state index in [0.29, 0.717) is 6.04 Å². The maximum Gasteiger partial charge on any atom is 0.242 e. The lowest BCUT2D eigenvalue weighted by Crippen LogP contribution is -2.19. The Labute approximate surface area is 191 Å². The van der Waals surface area contributed by atoms with Crippen molar-refractivity contribution in [2.45, 2.75) is 36.2 Å². The van der Waals surface area contributed by atoms with E-state index in [9.17, 15) is 4.79 Å². The number of nitrogens with zero attached hydrogens (tertiary/aromatic N) is 4. The molecule has 1 fully saturated rings. The maximum atomic E-state index is 13.4. The van der Waals surface area contributed by atoms with Crippen LogP contribution < -0.4 is 5.32 Å². The van der Waals surface area contributed by atoms with Crippen LogP contribution in [-0.4, -0.2) is 25.7 Å². The van der Waals surface area contributed by atoms with Gasteiger partial charge in [-0.25, -0.2) is 0 Å². The number of carbonyl (C=O) groups excluding carboxylic acids is 1. The number of benzene rings is 2. The van der Waals surface area contributed by atoms with E-state index in [1.807, 2.05) is 73.7 Å². The van der Waals surface area contributed by atoms with E-state index in [2.05, 4.69) is 25.1 Å². The van der Waals surface area contributed by atoms with Crippen molar-refractivity contribution in [3.63, 3.8) is 0 Å². The number of rotatable bonds is 7. The summed E-state index contributed by atoms with van der Waals surface area (Å²) in [6.07, 6.45) is 5.73. The van der Waals surface area contributed by atoms with Crippen LogP contribution in [0.1, 0.15) is 35.3 Å². The van der Waals surface area contributed by atoms with Gasteiger partial charge in [0.05, 0.1) is 0 Å². The molecule has 2 aromatic heterocycles. The van der Waals surface area contributed by atoms with Gasteiger partial charge in [-0.1, -0.05) is 59.8 Å². The molecule has 1 amide bonds. The van der Waals surface area contributed by atoms with Crippen LogP contribution in [0, 0.1) is 6.92 Å². The summed E-state index contributed by atoms with van der Waals surface area (Å²) in [5, 5.41) is 12.3. The summed E-state index contributed by atoms with van der Waals surface area (Å²) in [4.78, 5) is 17.6. The smallest absolute Gasteiger partial charge is 0.242 e. The molecule has 1 atom stereocenters. The molecule has 1 unspecified atom stereocenters. The Balaban J connectivity index is 1.47. The number of aromatic nitrogens is 4. The second kappa shape index (κ2) is 8.96. The predicted molar refractivity (Wildman–Crippen MR) is 126 cm³/mol. The maximum absolute atomic E-state index is 13.4. The normalized spacial score (nSPS) is 14.2. The SMILES string of the molecule is Cc1ccc(NC(=O)C(Sc2nnc(-c3cccnc3)n2C2CC2)c2ccccc2)cc1. The number of anilines is 1. The van der Waals surface area contributed by atoms with Crippen LogP contribution in [0.3, 0.4) is 0 Å². The standard InChI is InChI=1S/C25H23N5OS/c1-17-9-11-20(12-10-17)27-24(31)22(18-6-3-2-4-7-18)32-25-29-28-23(30(25)21-13-14-21)19-8-5-15-26-16-19/h2-12,15-16,21-22H,13-14H2,1H3,(H,27,31). The molecule has 6 nitrogen and oxygen atoms in total. The number of thioether (sulfide) groups is 1. The first kappa shape index (κ1) is 20.5. The average molecular weight is 442 g/mol. The van der Waals surface area contributed by atoms with Crippen molar-refractivity contribution in [1.29, 1.82) is 0 Å². The van der Waals surface area contributed by atoms with Crippen molar-refractivity contribution in [3.05, 3.63) is 90.3 Å². The van der Waals surface area contributed by atoms with Crippen molar-refractivity contribution in [2.75, 3.05) is 5.32 Å². The minimum absolute atomic E-state index is 0.0849. The zero-order chi connectivity index (χ0) is 21.9. The third kappa shape index (κ3) is 4.43. The fourth-order valence-electron chi connectivity index (χ4n) is 3.56. The van der Waals surface area contributed by atoms with Gasteiger partial charge >= 0.3 is 0 Å². The van der Waals surface area contributed by atoms with Crippen LogP contribution >= 0.6 is 11.8 Å². The van der Waals surface area contributed by atoms with Gasteiger partial charge in [0.1, 0.15) is 5.25 Å². The zero-order valence-corrected chi connectivity index (χ0v) is 18.5. The highest BCUT2D eigenvalue weighted by molar-refractivity contribution is 8.00. The van der Waals surface area contributed by atoms with Crippen molar-refractivity contribution < 1.29 is 4.79 Å². The Morgan fingerprint density at radius 1 is 1.03 bits per heavy atom. The van der Waals surface area contributed by atoms with Gasteiger partial charge < -0.3 is 5.32 Å². The Bertz CT molecular complexity index is 1200. The Hall–Kier alpha value is -3.45. The third-order valence-electron chi connectivity index (χ3n) is 5.38. The van der Waals surface area contributed by atoms with E-state index in [0.717, 1.165) is 46.2 Å². The lowest BCUT2D eigenvalue weighted by Gasteiger charge is -2.17. The summed E-state index contributed by atoms with van der Waals surface area (Å²) in [6, 6.07) is 21.9. The van der Waals surface area contributed by atoms with Crippen LogP contribution in [-0.2, 0) is 4.79 Å². The summed E-state index contributed by atoms with van der Waals surface area (Å²) in [5.74, 6) is 0.715. The van der Waals surface area contributed by atoms with Crippen LogP contribution in [0.2, 0.25) is 0 Å². The minimum Gasteiger partial charge on any atom is -0.325 e. The molecule has 1 saturated carbocycles. The molecule has 0 aliphatic heterocycles. The molecule has 2 aromatic carbocycles. The van der Waals surface area contributed by atoms with Gasteiger partial charge in [0.15, 0.2) is 11.0 Å². The van der Waals surface area contributed by atoms with Crippen molar-refractivity contribution in [2.24, 2.45) is 0 Å². The molecule has 5 rings (SSSR count). The van der Waals surface area contributed by atoms with E-state index >= 15 is 0 Å².